The van der Waals surface area contributed by atoms with Gasteiger partial charge in [-0.15, -0.1) is 11.3 Å². The molecule has 0 spiro atoms. The van der Waals surface area contributed by atoms with Crippen molar-refractivity contribution in [3.05, 3.63) is 63.8 Å². The summed E-state index contributed by atoms with van der Waals surface area (Å²) >= 11 is 7.93. The van der Waals surface area contributed by atoms with Crippen LogP contribution in [0, 0.1) is 6.92 Å². The number of alkyl halides is 3. The van der Waals surface area contributed by atoms with Crippen LogP contribution >= 0.6 is 22.9 Å². The van der Waals surface area contributed by atoms with Crippen LogP contribution in [0.4, 0.5) is 13.2 Å². The predicted molar refractivity (Wildman–Crippen MR) is 152 cm³/mol. The average Bonchev–Trinajstić information content (AvgIpc) is 3.21. The van der Waals surface area contributed by atoms with Crippen molar-refractivity contribution in [2.24, 2.45) is 0 Å². The van der Waals surface area contributed by atoms with Crippen molar-refractivity contribution in [1.29, 1.82) is 0 Å². The Bertz CT molecular complexity index is 1480. The number of hydrogen-bond donors (Lipinski definition) is 1. The van der Waals surface area contributed by atoms with Gasteiger partial charge in [-0.05, 0) is 60.8 Å². The van der Waals surface area contributed by atoms with Gasteiger partial charge in [0.2, 0.25) is 18.2 Å². The van der Waals surface area contributed by atoms with Crippen LogP contribution in [0.2, 0.25) is 5.02 Å². The van der Waals surface area contributed by atoms with E-state index in [1.54, 1.807) is 6.20 Å². The number of halogens is 4. The smallest absolute Gasteiger partial charge is 0.337 e. The molecule has 1 aliphatic rings. The molecule has 0 saturated carbocycles. The van der Waals surface area contributed by atoms with Gasteiger partial charge in [0.25, 0.3) is 0 Å². The molecule has 1 N–H and O–H groups in total. The molecule has 1 aromatic carbocycles. The van der Waals surface area contributed by atoms with Crippen LogP contribution < -0.4 is 5.32 Å². The summed E-state index contributed by atoms with van der Waals surface area (Å²) in [6.45, 7) is 2.84. The second kappa shape index (κ2) is 13.0. The van der Waals surface area contributed by atoms with Gasteiger partial charge in [-0.2, -0.15) is 13.2 Å². The Hall–Kier alpha value is -3.48. The summed E-state index contributed by atoms with van der Waals surface area (Å²) in [5, 5.41) is 3.71. The number of fused-ring (bicyclic) bond motifs is 1. The van der Waals surface area contributed by atoms with E-state index in [1.807, 2.05) is 36.1 Å². The van der Waals surface area contributed by atoms with Crippen LogP contribution in [0.1, 0.15) is 22.4 Å². The van der Waals surface area contributed by atoms with E-state index in [2.05, 4.69) is 10.3 Å². The maximum Gasteiger partial charge on any atom is 0.406 e. The van der Waals surface area contributed by atoms with Crippen molar-refractivity contribution in [2.75, 3.05) is 33.2 Å². The third-order valence-corrected chi connectivity index (χ3v) is 7.99. The van der Waals surface area contributed by atoms with Gasteiger partial charge in [0.15, 0.2) is 0 Å². The zero-order valence-corrected chi connectivity index (χ0v) is 24.1. The van der Waals surface area contributed by atoms with Gasteiger partial charge in [0.05, 0.1) is 23.3 Å². The third kappa shape index (κ3) is 7.84. The maximum atomic E-state index is 12.7. The minimum absolute atomic E-state index is 0.0158. The Kier molecular flexibility index (Phi) is 9.67. The second-order valence-electron chi connectivity index (χ2n) is 9.78. The van der Waals surface area contributed by atoms with Crippen molar-refractivity contribution in [1.82, 2.24) is 25.0 Å². The molecule has 13 heteroatoms. The van der Waals surface area contributed by atoms with Gasteiger partial charge in [0.1, 0.15) is 6.54 Å². The van der Waals surface area contributed by atoms with Gasteiger partial charge >= 0.3 is 6.18 Å². The number of aryl methyl sites for hydroxylation is 1. The van der Waals surface area contributed by atoms with Crippen LogP contribution in [0.25, 0.3) is 21.3 Å². The number of thiophene rings is 1. The fraction of sp³-hybridized carbons (Fsp3) is 0.357. The minimum atomic E-state index is -4.58. The number of carbonyl (C=O) groups excluding carboxylic acids is 3. The molecule has 1 aliphatic heterocycles. The van der Waals surface area contributed by atoms with E-state index < -0.39 is 18.6 Å². The zero-order valence-electron chi connectivity index (χ0n) is 22.5. The molecule has 218 valence electrons. The first-order valence-electron chi connectivity index (χ1n) is 12.8. The summed E-state index contributed by atoms with van der Waals surface area (Å²) in [5.74, 6) is -0.522. The summed E-state index contributed by atoms with van der Waals surface area (Å²) in [6.07, 6.45) is -0.263. The van der Waals surface area contributed by atoms with Crippen LogP contribution in [-0.2, 0) is 27.5 Å². The van der Waals surface area contributed by atoms with E-state index >= 15 is 0 Å². The lowest BCUT2D eigenvalue weighted by Gasteiger charge is -2.24. The fourth-order valence-corrected chi connectivity index (χ4v) is 6.08. The Balaban J connectivity index is 1.60. The van der Waals surface area contributed by atoms with E-state index in [4.69, 9.17) is 11.6 Å². The molecule has 3 heterocycles. The summed E-state index contributed by atoms with van der Waals surface area (Å²) in [4.78, 5) is 45.0. The monoisotopic (exact) mass is 607 g/mol. The summed E-state index contributed by atoms with van der Waals surface area (Å²) < 4.78 is 38.6. The minimum Gasteiger partial charge on any atom is -0.337 e. The zero-order chi connectivity index (χ0) is 29.7. The van der Waals surface area contributed by atoms with Crippen LogP contribution in [0.15, 0.2) is 42.7 Å². The van der Waals surface area contributed by atoms with Gasteiger partial charge in [-0.25, -0.2) is 0 Å². The Morgan fingerprint density at radius 1 is 1.27 bits per heavy atom. The van der Waals surface area contributed by atoms with Crippen molar-refractivity contribution < 1.29 is 27.6 Å². The predicted octanol–water partition coefficient (Wildman–Crippen LogP) is 4.74. The molecule has 4 rings (SSSR count). The summed E-state index contributed by atoms with van der Waals surface area (Å²) in [5.41, 5.74) is 4.46. The van der Waals surface area contributed by atoms with E-state index in [1.165, 1.54) is 23.3 Å². The van der Waals surface area contributed by atoms with Crippen molar-refractivity contribution in [3.63, 3.8) is 0 Å². The van der Waals surface area contributed by atoms with Crippen LogP contribution in [0.5, 0.6) is 0 Å². The van der Waals surface area contributed by atoms with E-state index in [9.17, 15) is 27.6 Å². The molecule has 1 fully saturated rings. The molecule has 2 aromatic heterocycles. The topological polar surface area (TPSA) is 85.8 Å². The number of benzene rings is 1. The first kappa shape index (κ1) is 30.5. The fourth-order valence-electron chi connectivity index (χ4n) is 4.62. The van der Waals surface area contributed by atoms with Crippen molar-refractivity contribution >= 4 is 51.4 Å². The number of amides is 3. The maximum absolute atomic E-state index is 12.7. The lowest BCUT2D eigenvalue weighted by Crippen LogP contribution is -2.34. The number of aromatic nitrogens is 1. The molecular weight excluding hydrogens is 579 g/mol. The molecule has 0 aliphatic carbocycles. The first-order chi connectivity index (χ1) is 19.4. The molecule has 3 aromatic rings. The number of rotatable bonds is 9. The number of hydrogen-bond acceptors (Lipinski definition) is 6. The standard InChI is InChI=1S/C28H29ClF3N5O3S/c1-18-10-19(29)11-22(23(18)15-37-8-3-6-33-13-26(37)40)21-4-7-34-24-12-20(41-27(21)24)14-35(2)25(39)5-9-36(17-38)16-28(30,31)32/h4-5,7,9-12,17,33H,3,6,8,13-16H2,1-2H3/b9-5-. The quantitative estimate of drug-likeness (QED) is 0.281. The number of likely N-dealkylation sites (N-methyl/N-ethyl adjacent to an activating group) is 1. The average molecular weight is 608 g/mol. The second-order valence-corrected chi connectivity index (χ2v) is 11.4. The van der Waals surface area contributed by atoms with Gasteiger partial charge in [0, 0.05) is 54.1 Å². The highest BCUT2D eigenvalue weighted by molar-refractivity contribution is 7.19. The van der Waals surface area contributed by atoms with Crippen LogP contribution in [-0.4, -0.2) is 77.3 Å². The first-order valence-corrected chi connectivity index (χ1v) is 14.0. The molecule has 41 heavy (non-hydrogen) atoms. The number of nitrogens with zero attached hydrogens (tertiary/aromatic N) is 4. The van der Waals surface area contributed by atoms with Crippen molar-refractivity contribution in [3.8, 4) is 11.1 Å². The number of carbonyl (C=O) groups is 3. The Morgan fingerprint density at radius 3 is 2.78 bits per heavy atom. The molecule has 0 bridgehead atoms. The van der Waals surface area contributed by atoms with Crippen LogP contribution in [0.3, 0.4) is 0 Å². The van der Waals surface area contributed by atoms with Crippen molar-refractivity contribution in [2.45, 2.75) is 32.6 Å². The Labute approximate surface area is 244 Å². The molecule has 0 atom stereocenters. The molecule has 8 nitrogen and oxygen atoms in total. The normalized spacial score (nSPS) is 14.5. The lowest BCUT2D eigenvalue weighted by atomic mass is 9.95. The molecular formula is C28H29ClF3N5O3S. The highest BCUT2D eigenvalue weighted by Crippen LogP contribution is 2.38. The molecule has 0 radical (unpaired) electrons. The molecule has 3 amide bonds. The highest BCUT2D eigenvalue weighted by atomic mass is 35.5. The van der Waals surface area contributed by atoms with Gasteiger partial charge in [-0.1, -0.05) is 11.6 Å². The molecule has 1 saturated heterocycles. The number of nitrogens with one attached hydrogen (secondary N) is 1. The number of pyridine rings is 1. The third-order valence-electron chi connectivity index (χ3n) is 6.63. The van der Waals surface area contributed by atoms with E-state index in [-0.39, 0.29) is 18.9 Å². The highest BCUT2D eigenvalue weighted by Gasteiger charge is 2.29. The van der Waals surface area contributed by atoms with E-state index in [0.717, 1.165) is 62.6 Å². The SMILES string of the molecule is Cc1cc(Cl)cc(-c2ccnc3cc(CN(C)C(=O)/C=C\N(C=O)CC(F)(F)F)sc23)c1CN1CCCNCC1=O. The Morgan fingerprint density at radius 2 is 2.05 bits per heavy atom. The molecule has 0 unspecified atom stereocenters. The van der Waals surface area contributed by atoms with Gasteiger partial charge in [-0.3, -0.25) is 19.4 Å². The van der Waals surface area contributed by atoms with E-state index in [0.29, 0.717) is 29.6 Å². The largest absolute Gasteiger partial charge is 0.406 e. The summed E-state index contributed by atoms with van der Waals surface area (Å²) in [6, 6.07) is 7.53. The lowest BCUT2D eigenvalue weighted by molar-refractivity contribution is -0.148. The van der Waals surface area contributed by atoms with Gasteiger partial charge < -0.3 is 20.0 Å². The summed E-state index contributed by atoms with van der Waals surface area (Å²) in [7, 11) is 1.52.